The highest BCUT2D eigenvalue weighted by Crippen LogP contribution is 2.27. The monoisotopic (exact) mass is 363 g/mol. The highest BCUT2D eigenvalue weighted by Gasteiger charge is 2.04. The number of ether oxygens (including phenoxy) is 2. The molecular formula is C17H18BrNO3. The molecule has 22 heavy (non-hydrogen) atoms. The highest BCUT2D eigenvalue weighted by molar-refractivity contribution is 9.10. The summed E-state index contributed by atoms with van der Waals surface area (Å²) in [6.07, 6.45) is 2.46. The van der Waals surface area contributed by atoms with Gasteiger partial charge in [0.2, 0.25) is 0 Å². The number of aliphatic imine (C=N–C) groups is 1. The predicted molar refractivity (Wildman–Crippen MR) is 91.5 cm³/mol. The Kier molecular flexibility index (Phi) is 5.83. The molecule has 0 heterocycles. The number of halogens is 1. The minimum absolute atomic E-state index is 0.220. The number of hydrogen-bond donors (Lipinski definition) is 1. The van der Waals surface area contributed by atoms with E-state index in [0.717, 1.165) is 16.5 Å². The fourth-order valence-electron chi connectivity index (χ4n) is 2.02. The maximum absolute atomic E-state index is 9.73. The molecule has 0 spiro atoms. The van der Waals surface area contributed by atoms with Crippen molar-refractivity contribution in [1.29, 1.82) is 0 Å². The maximum atomic E-state index is 9.73. The third kappa shape index (κ3) is 4.24. The van der Waals surface area contributed by atoms with Crippen LogP contribution in [-0.2, 0) is 6.42 Å². The second-order valence-corrected chi connectivity index (χ2v) is 5.59. The summed E-state index contributed by atoms with van der Waals surface area (Å²) < 4.78 is 11.4. The van der Waals surface area contributed by atoms with E-state index in [1.165, 1.54) is 0 Å². The lowest BCUT2D eigenvalue weighted by Crippen LogP contribution is -1.95. The fraction of sp³-hybridized carbons (Fsp3) is 0.235. The zero-order chi connectivity index (χ0) is 15.9. The fourth-order valence-corrected chi connectivity index (χ4v) is 2.40. The van der Waals surface area contributed by atoms with Crippen molar-refractivity contribution in [3.63, 3.8) is 0 Å². The average Bonchev–Trinajstić information content (AvgIpc) is 2.54. The summed E-state index contributed by atoms with van der Waals surface area (Å²) in [7, 11) is 3.24. The topological polar surface area (TPSA) is 51.0 Å². The molecule has 0 aliphatic heterocycles. The number of rotatable bonds is 6. The molecular weight excluding hydrogens is 346 g/mol. The molecule has 0 saturated heterocycles. The molecule has 0 fully saturated rings. The molecule has 0 unspecified atom stereocenters. The van der Waals surface area contributed by atoms with Crippen LogP contribution in [0.25, 0.3) is 0 Å². The van der Waals surface area contributed by atoms with E-state index in [-0.39, 0.29) is 5.75 Å². The summed E-state index contributed by atoms with van der Waals surface area (Å²) in [5, 5.41) is 9.73. The van der Waals surface area contributed by atoms with Gasteiger partial charge in [-0.3, -0.25) is 4.99 Å². The number of phenols is 1. The number of phenolic OH excluding ortho intramolecular Hbond substituents is 1. The first kappa shape index (κ1) is 16.4. The first-order valence-electron chi connectivity index (χ1n) is 6.83. The van der Waals surface area contributed by atoms with Crippen molar-refractivity contribution in [2.24, 2.45) is 4.99 Å². The Balaban J connectivity index is 1.98. The van der Waals surface area contributed by atoms with Crippen LogP contribution in [0.3, 0.4) is 0 Å². The van der Waals surface area contributed by atoms with Gasteiger partial charge in [0, 0.05) is 22.8 Å². The van der Waals surface area contributed by atoms with Crippen LogP contribution in [0.1, 0.15) is 11.1 Å². The van der Waals surface area contributed by atoms with E-state index in [4.69, 9.17) is 9.47 Å². The van der Waals surface area contributed by atoms with Gasteiger partial charge in [-0.25, -0.2) is 0 Å². The molecule has 0 amide bonds. The molecule has 0 aliphatic carbocycles. The van der Waals surface area contributed by atoms with Gasteiger partial charge in [0.15, 0.2) is 11.5 Å². The molecule has 0 aliphatic rings. The smallest absolute Gasteiger partial charge is 0.160 e. The average molecular weight is 364 g/mol. The molecule has 4 nitrogen and oxygen atoms in total. The minimum Gasteiger partial charge on any atom is -0.507 e. The van der Waals surface area contributed by atoms with Crippen molar-refractivity contribution in [2.45, 2.75) is 6.42 Å². The first-order chi connectivity index (χ1) is 10.6. The van der Waals surface area contributed by atoms with Crippen molar-refractivity contribution < 1.29 is 14.6 Å². The Bertz CT molecular complexity index is 671. The van der Waals surface area contributed by atoms with E-state index in [9.17, 15) is 5.11 Å². The first-order valence-corrected chi connectivity index (χ1v) is 7.62. The van der Waals surface area contributed by atoms with Gasteiger partial charge in [-0.05, 0) is 42.3 Å². The summed E-state index contributed by atoms with van der Waals surface area (Å²) >= 11 is 3.37. The minimum atomic E-state index is 0.220. The highest BCUT2D eigenvalue weighted by atomic mass is 79.9. The zero-order valence-corrected chi connectivity index (χ0v) is 14.1. The summed E-state index contributed by atoms with van der Waals surface area (Å²) in [5.41, 5.74) is 1.81. The third-order valence-corrected chi connectivity index (χ3v) is 3.69. The van der Waals surface area contributed by atoms with E-state index in [2.05, 4.69) is 20.9 Å². The van der Waals surface area contributed by atoms with Crippen LogP contribution in [0.2, 0.25) is 0 Å². The summed E-state index contributed by atoms with van der Waals surface area (Å²) in [6.45, 7) is 0.626. The molecule has 5 heteroatoms. The summed E-state index contributed by atoms with van der Waals surface area (Å²) in [5.74, 6) is 1.65. The van der Waals surface area contributed by atoms with Gasteiger partial charge in [-0.15, -0.1) is 0 Å². The van der Waals surface area contributed by atoms with Gasteiger partial charge >= 0.3 is 0 Å². The molecule has 0 aromatic heterocycles. The molecule has 2 aromatic rings. The van der Waals surface area contributed by atoms with Gasteiger partial charge in [0.1, 0.15) is 5.75 Å². The van der Waals surface area contributed by atoms with Crippen molar-refractivity contribution in [3.05, 3.63) is 52.0 Å². The van der Waals surface area contributed by atoms with E-state index < -0.39 is 0 Å². The Morgan fingerprint density at radius 3 is 2.59 bits per heavy atom. The van der Waals surface area contributed by atoms with Gasteiger partial charge in [-0.2, -0.15) is 0 Å². The Labute approximate surface area is 138 Å². The van der Waals surface area contributed by atoms with Gasteiger partial charge in [0.25, 0.3) is 0 Å². The molecule has 1 N–H and O–H groups in total. The maximum Gasteiger partial charge on any atom is 0.160 e. The van der Waals surface area contributed by atoms with Crippen LogP contribution in [0, 0.1) is 0 Å². The van der Waals surface area contributed by atoms with Crippen LogP contribution in [0.15, 0.2) is 45.9 Å². The lowest BCUT2D eigenvalue weighted by molar-refractivity contribution is 0.354. The Morgan fingerprint density at radius 2 is 1.86 bits per heavy atom. The van der Waals surface area contributed by atoms with Gasteiger partial charge in [-0.1, -0.05) is 22.0 Å². The molecule has 116 valence electrons. The molecule has 2 aromatic carbocycles. The third-order valence-electron chi connectivity index (χ3n) is 3.20. The molecule has 2 rings (SSSR count). The van der Waals surface area contributed by atoms with Crippen LogP contribution < -0.4 is 9.47 Å². The van der Waals surface area contributed by atoms with Crippen molar-refractivity contribution >= 4 is 22.1 Å². The second kappa shape index (κ2) is 7.84. The van der Waals surface area contributed by atoms with Gasteiger partial charge < -0.3 is 14.6 Å². The largest absolute Gasteiger partial charge is 0.507 e. The lowest BCUT2D eigenvalue weighted by atomic mass is 10.1. The normalized spacial score (nSPS) is 10.9. The van der Waals surface area contributed by atoms with E-state index >= 15 is 0 Å². The van der Waals surface area contributed by atoms with Crippen molar-refractivity contribution in [2.75, 3.05) is 20.8 Å². The van der Waals surface area contributed by atoms with E-state index in [1.54, 1.807) is 32.6 Å². The van der Waals surface area contributed by atoms with E-state index in [1.807, 2.05) is 24.3 Å². The number of aromatic hydroxyl groups is 1. The van der Waals surface area contributed by atoms with Crippen LogP contribution >= 0.6 is 15.9 Å². The van der Waals surface area contributed by atoms with Crippen molar-refractivity contribution in [3.8, 4) is 17.2 Å². The zero-order valence-electron chi connectivity index (χ0n) is 12.5. The van der Waals surface area contributed by atoms with E-state index in [0.29, 0.717) is 23.6 Å². The van der Waals surface area contributed by atoms with Gasteiger partial charge in [0.05, 0.1) is 14.2 Å². The molecule has 0 saturated carbocycles. The Morgan fingerprint density at radius 1 is 1.09 bits per heavy atom. The molecule has 0 atom stereocenters. The molecule has 0 bridgehead atoms. The number of hydrogen-bond acceptors (Lipinski definition) is 4. The van der Waals surface area contributed by atoms with Crippen LogP contribution in [-0.4, -0.2) is 32.1 Å². The SMILES string of the molecule is COc1ccc(CCN=Cc2cc(Br)ccc2O)cc1OC. The molecule has 0 radical (unpaired) electrons. The summed E-state index contributed by atoms with van der Waals surface area (Å²) in [6, 6.07) is 11.1. The van der Waals surface area contributed by atoms with Crippen LogP contribution in [0.5, 0.6) is 17.2 Å². The standard InChI is InChI=1S/C17H18BrNO3/c1-21-16-6-3-12(9-17(16)22-2)7-8-19-11-13-10-14(18)4-5-15(13)20/h3-6,9-11,20H,7-8H2,1-2H3. The number of nitrogens with zero attached hydrogens (tertiary/aromatic N) is 1. The second-order valence-electron chi connectivity index (χ2n) is 4.68. The number of benzene rings is 2. The summed E-state index contributed by atoms with van der Waals surface area (Å²) in [4.78, 5) is 4.36. The quantitative estimate of drug-likeness (QED) is 0.793. The Hall–Kier alpha value is -2.01. The number of methoxy groups -OCH3 is 2. The van der Waals surface area contributed by atoms with Crippen LogP contribution in [0.4, 0.5) is 0 Å². The van der Waals surface area contributed by atoms with Crippen molar-refractivity contribution in [1.82, 2.24) is 0 Å². The predicted octanol–water partition coefficient (Wildman–Crippen LogP) is 3.83. The lowest BCUT2D eigenvalue weighted by Gasteiger charge is -2.08.